The summed E-state index contributed by atoms with van der Waals surface area (Å²) in [5.74, 6) is -0.468. The molecule has 5 rings (SSSR count). The van der Waals surface area contributed by atoms with Crippen LogP contribution < -0.4 is 4.74 Å². The molecule has 0 unspecified atom stereocenters. The minimum Gasteiger partial charge on any atom is -0.488 e. The van der Waals surface area contributed by atoms with Crippen molar-refractivity contribution >= 4 is 27.8 Å². The van der Waals surface area contributed by atoms with E-state index in [4.69, 9.17) is 9.72 Å². The second-order valence-electron chi connectivity index (χ2n) is 8.48. The summed E-state index contributed by atoms with van der Waals surface area (Å²) in [5.41, 5.74) is 6.61. The molecule has 34 heavy (non-hydrogen) atoms. The lowest BCUT2D eigenvalue weighted by Gasteiger charge is -2.16. The first kappa shape index (κ1) is 21.7. The first-order valence-electron chi connectivity index (χ1n) is 11.4. The fourth-order valence-electron chi connectivity index (χ4n) is 4.74. The molecule has 2 heterocycles. The van der Waals surface area contributed by atoms with Crippen molar-refractivity contribution in [1.82, 2.24) is 9.55 Å². The van der Waals surface area contributed by atoms with Gasteiger partial charge in [0.1, 0.15) is 12.4 Å². The molecule has 5 nitrogen and oxygen atoms in total. The lowest BCUT2D eigenvalue weighted by Crippen LogP contribution is -2.06. The van der Waals surface area contributed by atoms with Gasteiger partial charge in [-0.3, -0.25) is 0 Å². The van der Waals surface area contributed by atoms with Gasteiger partial charge in [0, 0.05) is 18.0 Å². The highest BCUT2D eigenvalue weighted by molar-refractivity contribution is 6.07. The Morgan fingerprint density at radius 3 is 2.47 bits per heavy atom. The topological polar surface area (TPSA) is 64.3 Å². The Morgan fingerprint density at radius 2 is 1.76 bits per heavy atom. The van der Waals surface area contributed by atoms with Crippen molar-refractivity contribution in [2.24, 2.45) is 7.05 Å². The molecule has 0 radical (unpaired) electrons. The molecule has 2 aromatic heterocycles. The van der Waals surface area contributed by atoms with Gasteiger partial charge < -0.3 is 14.4 Å². The van der Waals surface area contributed by atoms with E-state index in [-0.39, 0.29) is 5.56 Å². The summed E-state index contributed by atoms with van der Waals surface area (Å²) in [6, 6.07) is 23.5. The third kappa shape index (κ3) is 3.59. The maximum absolute atomic E-state index is 12.5. The smallest absolute Gasteiger partial charge is 0.336 e. The van der Waals surface area contributed by atoms with Crippen molar-refractivity contribution < 1.29 is 14.6 Å². The summed E-state index contributed by atoms with van der Waals surface area (Å²) in [6.45, 7) is 4.46. The average Bonchev–Trinajstić information content (AvgIpc) is 3.12. The molecule has 0 aliphatic rings. The second kappa shape index (κ2) is 8.67. The van der Waals surface area contributed by atoms with E-state index < -0.39 is 5.97 Å². The fraction of sp³-hybridized carbons (Fsp3) is 0.172. The van der Waals surface area contributed by atoms with Crippen LogP contribution in [0, 0.1) is 6.92 Å². The standard InChI is InChI=1S/C29H26N2O3/c1-4-20-14-15-25(34-17-19-10-6-5-7-11-19)26-22(29(32)33)16-23(30-27(20)26)28-18(2)21-12-8-9-13-24(21)31(28)3/h5-16H,4,17H2,1-3H3,(H,32,33). The number of para-hydroxylation sites is 1. The molecule has 0 fully saturated rings. The highest BCUT2D eigenvalue weighted by Crippen LogP contribution is 2.37. The third-order valence-corrected chi connectivity index (χ3v) is 6.46. The molecule has 170 valence electrons. The van der Waals surface area contributed by atoms with Crippen molar-refractivity contribution in [3.8, 4) is 17.1 Å². The zero-order valence-corrected chi connectivity index (χ0v) is 19.5. The Hall–Kier alpha value is -4.12. The maximum Gasteiger partial charge on any atom is 0.336 e. The lowest BCUT2D eigenvalue weighted by molar-refractivity contribution is 0.0698. The van der Waals surface area contributed by atoms with E-state index in [1.807, 2.05) is 61.6 Å². The SMILES string of the molecule is CCc1ccc(OCc2ccccc2)c2c(C(=O)O)cc(-c3c(C)c4ccccc4n3C)nc12. The van der Waals surface area contributed by atoms with Gasteiger partial charge in [-0.1, -0.05) is 61.5 Å². The largest absolute Gasteiger partial charge is 0.488 e. The summed E-state index contributed by atoms with van der Waals surface area (Å²) >= 11 is 0. The van der Waals surface area contributed by atoms with Gasteiger partial charge in [-0.05, 0) is 48.2 Å². The first-order chi connectivity index (χ1) is 16.5. The summed E-state index contributed by atoms with van der Waals surface area (Å²) in [6.07, 6.45) is 0.735. The van der Waals surface area contributed by atoms with Gasteiger partial charge in [-0.25, -0.2) is 9.78 Å². The molecule has 0 aliphatic heterocycles. The number of nitrogens with zero attached hydrogens (tertiary/aromatic N) is 2. The number of carbonyl (C=O) groups is 1. The van der Waals surface area contributed by atoms with Crippen molar-refractivity contribution in [2.75, 3.05) is 0 Å². The number of fused-ring (bicyclic) bond motifs is 2. The highest BCUT2D eigenvalue weighted by atomic mass is 16.5. The number of ether oxygens (including phenoxy) is 1. The van der Waals surface area contributed by atoms with Gasteiger partial charge in [0.25, 0.3) is 0 Å². The predicted molar refractivity (Wildman–Crippen MR) is 136 cm³/mol. The van der Waals surface area contributed by atoms with Crippen LogP contribution in [0.3, 0.4) is 0 Å². The molecule has 0 bridgehead atoms. The van der Waals surface area contributed by atoms with Crippen LogP contribution in [0.1, 0.15) is 34.0 Å². The van der Waals surface area contributed by atoms with Gasteiger partial charge in [-0.15, -0.1) is 0 Å². The quantitative estimate of drug-likeness (QED) is 0.319. The Labute approximate surface area is 198 Å². The monoisotopic (exact) mass is 450 g/mol. The van der Waals surface area contributed by atoms with Gasteiger partial charge in [0.15, 0.2) is 0 Å². The van der Waals surface area contributed by atoms with Crippen LogP contribution in [0.2, 0.25) is 0 Å². The molecule has 5 heteroatoms. The Kier molecular flexibility index (Phi) is 5.54. The second-order valence-corrected chi connectivity index (χ2v) is 8.48. The number of rotatable bonds is 6. The maximum atomic E-state index is 12.5. The molecule has 5 aromatic rings. The van der Waals surface area contributed by atoms with E-state index in [0.29, 0.717) is 29.0 Å². The number of aromatic carboxylic acids is 1. The van der Waals surface area contributed by atoms with Crippen molar-refractivity contribution in [3.63, 3.8) is 0 Å². The zero-order chi connectivity index (χ0) is 23.8. The molecule has 0 spiro atoms. The zero-order valence-electron chi connectivity index (χ0n) is 19.5. The first-order valence-corrected chi connectivity index (χ1v) is 11.4. The number of carboxylic acids is 1. The number of hydrogen-bond acceptors (Lipinski definition) is 3. The van der Waals surface area contributed by atoms with Crippen LogP contribution in [-0.4, -0.2) is 20.6 Å². The van der Waals surface area contributed by atoms with Crippen molar-refractivity contribution in [2.45, 2.75) is 26.9 Å². The van der Waals surface area contributed by atoms with E-state index >= 15 is 0 Å². The summed E-state index contributed by atoms with van der Waals surface area (Å²) < 4.78 is 8.22. The van der Waals surface area contributed by atoms with Gasteiger partial charge in [-0.2, -0.15) is 0 Å². The Morgan fingerprint density at radius 1 is 1.03 bits per heavy atom. The van der Waals surface area contributed by atoms with Crippen molar-refractivity contribution in [3.05, 3.63) is 95.1 Å². The number of aromatic nitrogens is 2. The fourth-order valence-corrected chi connectivity index (χ4v) is 4.74. The van der Waals surface area contributed by atoms with E-state index in [9.17, 15) is 9.90 Å². The van der Waals surface area contributed by atoms with Crippen LogP contribution in [0.4, 0.5) is 0 Å². The summed E-state index contributed by atoms with van der Waals surface area (Å²) in [5, 5.41) is 11.9. The lowest BCUT2D eigenvalue weighted by atomic mass is 10.00. The molecular weight excluding hydrogens is 424 g/mol. The number of benzene rings is 3. The third-order valence-electron chi connectivity index (χ3n) is 6.46. The molecule has 3 aromatic carbocycles. The number of pyridine rings is 1. The van der Waals surface area contributed by atoms with Crippen LogP contribution >= 0.6 is 0 Å². The minimum atomic E-state index is -0.997. The van der Waals surface area contributed by atoms with Crippen LogP contribution in [0.15, 0.2) is 72.8 Å². The highest BCUT2D eigenvalue weighted by Gasteiger charge is 2.22. The number of hydrogen-bond donors (Lipinski definition) is 1. The Bertz CT molecular complexity index is 1500. The normalized spacial score (nSPS) is 11.3. The number of aryl methyl sites for hydroxylation is 3. The number of carboxylic acid groups (broad SMARTS) is 1. The van der Waals surface area contributed by atoms with E-state index in [0.717, 1.165) is 39.7 Å². The molecular formula is C29H26N2O3. The average molecular weight is 451 g/mol. The summed E-state index contributed by atoms with van der Waals surface area (Å²) in [4.78, 5) is 17.5. The van der Waals surface area contributed by atoms with Crippen LogP contribution in [0.25, 0.3) is 33.2 Å². The predicted octanol–water partition coefficient (Wildman–Crippen LogP) is 6.54. The molecule has 1 N–H and O–H groups in total. The van der Waals surface area contributed by atoms with Crippen molar-refractivity contribution in [1.29, 1.82) is 0 Å². The summed E-state index contributed by atoms with van der Waals surface area (Å²) in [7, 11) is 2.00. The molecule has 0 aliphatic carbocycles. The van der Waals surface area contributed by atoms with E-state index in [2.05, 4.69) is 30.5 Å². The van der Waals surface area contributed by atoms with E-state index in [1.54, 1.807) is 6.07 Å². The van der Waals surface area contributed by atoms with Gasteiger partial charge >= 0.3 is 5.97 Å². The van der Waals surface area contributed by atoms with Gasteiger partial charge in [0.05, 0.1) is 27.9 Å². The molecule has 0 atom stereocenters. The Balaban J connectivity index is 1.74. The minimum absolute atomic E-state index is 0.197. The van der Waals surface area contributed by atoms with E-state index in [1.165, 1.54) is 0 Å². The van der Waals surface area contributed by atoms with Crippen LogP contribution in [0.5, 0.6) is 5.75 Å². The van der Waals surface area contributed by atoms with Crippen LogP contribution in [-0.2, 0) is 20.1 Å². The van der Waals surface area contributed by atoms with Gasteiger partial charge in [0.2, 0.25) is 0 Å². The molecule has 0 saturated heterocycles. The molecule has 0 amide bonds. The molecule has 0 saturated carbocycles.